The Labute approximate surface area is 177 Å². The van der Waals surface area contributed by atoms with Crippen LogP contribution in [0.4, 0.5) is 0 Å². The van der Waals surface area contributed by atoms with Gasteiger partial charge in [0.15, 0.2) is 0 Å². The number of hydrogen-bond donors (Lipinski definition) is 1. The monoisotopic (exact) mass is 409 g/mol. The molecule has 5 rings (SSSR count). The number of aliphatic hydroxyl groups is 1. The van der Waals surface area contributed by atoms with Crippen LogP contribution in [0, 0.1) is 0 Å². The van der Waals surface area contributed by atoms with Crippen molar-refractivity contribution >= 4 is 0 Å². The standard InChI is InChI=1S/C23H31N5O2/c1-15(2)22-24-11-16(12-25-22)13-27-18-5-6-19(27)10-23(30,9-18)14-28-21(29)8-7-20(26-28)17-3-4-17/h7-8,11-12,15,17-19,30H,3-6,9-10,13-14H2,1-2H3. The summed E-state index contributed by atoms with van der Waals surface area (Å²) in [4.78, 5) is 23.9. The van der Waals surface area contributed by atoms with Crippen LogP contribution in [0.1, 0.15) is 81.3 Å². The summed E-state index contributed by atoms with van der Waals surface area (Å²) in [6.45, 7) is 5.31. The summed E-state index contributed by atoms with van der Waals surface area (Å²) >= 11 is 0. The predicted molar refractivity (Wildman–Crippen MR) is 113 cm³/mol. The molecular weight excluding hydrogens is 378 g/mol. The first kappa shape index (κ1) is 19.8. The van der Waals surface area contributed by atoms with Crippen LogP contribution in [-0.4, -0.2) is 47.4 Å². The first-order valence-corrected chi connectivity index (χ1v) is 11.3. The summed E-state index contributed by atoms with van der Waals surface area (Å²) in [5, 5.41) is 16.0. The van der Waals surface area contributed by atoms with Gasteiger partial charge in [0.25, 0.3) is 5.56 Å². The number of rotatable bonds is 6. The summed E-state index contributed by atoms with van der Waals surface area (Å²) in [5.74, 6) is 1.70. The van der Waals surface area contributed by atoms with E-state index in [-0.39, 0.29) is 5.56 Å². The summed E-state index contributed by atoms with van der Waals surface area (Å²) in [6.07, 6.45) is 9.70. The Hall–Kier alpha value is -2.12. The minimum Gasteiger partial charge on any atom is -0.388 e. The lowest BCUT2D eigenvalue weighted by atomic mass is 9.85. The average Bonchev–Trinajstić information content (AvgIpc) is 3.52. The second-order valence-corrected chi connectivity index (χ2v) is 9.82. The molecule has 160 valence electrons. The van der Waals surface area contributed by atoms with E-state index in [2.05, 4.69) is 33.8 Å². The van der Waals surface area contributed by atoms with Crippen LogP contribution in [0.25, 0.3) is 0 Å². The molecule has 2 aromatic heterocycles. The third kappa shape index (κ3) is 3.93. The van der Waals surface area contributed by atoms with E-state index in [0.29, 0.717) is 43.3 Å². The topological polar surface area (TPSA) is 84.1 Å². The number of hydrogen-bond acceptors (Lipinski definition) is 6. The normalized spacial score (nSPS) is 28.9. The van der Waals surface area contributed by atoms with Gasteiger partial charge in [-0.25, -0.2) is 14.6 Å². The van der Waals surface area contributed by atoms with Crippen molar-refractivity contribution in [1.29, 1.82) is 0 Å². The van der Waals surface area contributed by atoms with Gasteiger partial charge < -0.3 is 5.11 Å². The zero-order valence-corrected chi connectivity index (χ0v) is 17.9. The van der Waals surface area contributed by atoms with Gasteiger partial charge in [-0.3, -0.25) is 9.69 Å². The molecule has 1 N–H and O–H groups in total. The SMILES string of the molecule is CC(C)c1ncc(CN2C3CCC2CC(O)(Cn2nc(C4CC4)ccc2=O)C3)cn1. The van der Waals surface area contributed by atoms with E-state index in [9.17, 15) is 9.90 Å². The van der Waals surface area contributed by atoms with Gasteiger partial charge in [-0.05, 0) is 44.6 Å². The smallest absolute Gasteiger partial charge is 0.266 e. The Morgan fingerprint density at radius 3 is 2.37 bits per heavy atom. The number of aromatic nitrogens is 4. The molecule has 2 aliphatic heterocycles. The number of fused-ring (bicyclic) bond motifs is 2. The minimum atomic E-state index is -0.876. The maximum Gasteiger partial charge on any atom is 0.266 e. The fourth-order valence-electron chi connectivity index (χ4n) is 5.21. The van der Waals surface area contributed by atoms with Crippen molar-refractivity contribution in [3.63, 3.8) is 0 Å². The molecule has 0 radical (unpaired) electrons. The molecule has 0 amide bonds. The van der Waals surface area contributed by atoms with Crippen molar-refractivity contribution < 1.29 is 5.11 Å². The maximum atomic E-state index is 12.4. The van der Waals surface area contributed by atoms with E-state index in [1.165, 1.54) is 4.68 Å². The fourth-order valence-corrected chi connectivity index (χ4v) is 5.21. The molecule has 3 fully saturated rings. The second-order valence-electron chi connectivity index (χ2n) is 9.82. The van der Waals surface area contributed by atoms with Gasteiger partial charge in [0.1, 0.15) is 5.82 Å². The average molecular weight is 410 g/mol. The lowest BCUT2D eigenvalue weighted by Crippen LogP contribution is -2.53. The van der Waals surface area contributed by atoms with Gasteiger partial charge in [-0.2, -0.15) is 5.10 Å². The molecule has 1 saturated carbocycles. The molecule has 4 heterocycles. The van der Waals surface area contributed by atoms with Gasteiger partial charge in [0.2, 0.25) is 0 Å². The van der Waals surface area contributed by atoms with E-state index in [1.54, 1.807) is 6.07 Å². The van der Waals surface area contributed by atoms with Crippen LogP contribution in [0.5, 0.6) is 0 Å². The van der Waals surface area contributed by atoms with Gasteiger partial charge in [-0.15, -0.1) is 0 Å². The highest BCUT2D eigenvalue weighted by molar-refractivity contribution is 5.13. The quantitative estimate of drug-likeness (QED) is 0.790. The highest BCUT2D eigenvalue weighted by Crippen LogP contribution is 2.42. The molecular formula is C23H31N5O2. The lowest BCUT2D eigenvalue weighted by molar-refractivity contribution is -0.0678. The van der Waals surface area contributed by atoms with E-state index < -0.39 is 5.60 Å². The second kappa shape index (κ2) is 7.54. The Balaban J connectivity index is 1.29. The highest BCUT2D eigenvalue weighted by atomic mass is 16.3. The molecule has 2 unspecified atom stereocenters. The Morgan fingerprint density at radius 1 is 1.10 bits per heavy atom. The summed E-state index contributed by atoms with van der Waals surface area (Å²) in [5.41, 5.74) is 1.12. The molecule has 7 nitrogen and oxygen atoms in total. The number of nitrogens with zero attached hydrogens (tertiary/aromatic N) is 5. The van der Waals surface area contributed by atoms with Gasteiger partial charge in [0, 0.05) is 54.5 Å². The van der Waals surface area contributed by atoms with Crippen LogP contribution in [-0.2, 0) is 13.1 Å². The first-order chi connectivity index (χ1) is 14.4. The minimum absolute atomic E-state index is 0.120. The van der Waals surface area contributed by atoms with Crippen LogP contribution in [0.15, 0.2) is 29.3 Å². The fraction of sp³-hybridized carbons (Fsp3) is 0.652. The van der Waals surface area contributed by atoms with E-state index >= 15 is 0 Å². The molecule has 0 aromatic carbocycles. The van der Waals surface area contributed by atoms with Crippen molar-refractivity contribution in [2.24, 2.45) is 0 Å². The molecule has 2 atom stereocenters. The molecule has 0 spiro atoms. The summed E-state index contributed by atoms with van der Waals surface area (Å²) in [7, 11) is 0. The van der Waals surface area contributed by atoms with Crippen molar-refractivity contribution in [3.8, 4) is 0 Å². The molecule has 2 saturated heterocycles. The summed E-state index contributed by atoms with van der Waals surface area (Å²) < 4.78 is 1.50. The zero-order chi connectivity index (χ0) is 20.9. The Bertz CT molecular complexity index is 952. The van der Waals surface area contributed by atoms with Crippen molar-refractivity contribution in [3.05, 3.63) is 52.0 Å². The Morgan fingerprint density at radius 2 is 1.77 bits per heavy atom. The van der Waals surface area contributed by atoms with Crippen molar-refractivity contribution in [2.75, 3.05) is 0 Å². The predicted octanol–water partition coefficient (Wildman–Crippen LogP) is 2.59. The molecule has 2 aromatic rings. The van der Waals surface area contributed by atoms with Crippen LogP contribution >= 0.6 is 0 Å². The Kier molecular flexibility index (Phi) is 4.98. The van der Waals surface area contributed by atoms with E-state index in [4.69, 9.17) is 0 Å². The first-order valence-electron chi connectivity index (χ1n) is 11.3. The van der Waals surface area contributed by atoms with Crippen molar-refractivity contribution in [1.82, 2.24) is 24.6 Å². The van der Waals surface area contributed by atoms with Crippen molar-refractivity contribution in [2.45, 2.75) is 95.0 Å². The third-order valence-corrected chi connectivity index (χ3v) is 6.94. The maximum absolute atomic E-state index is 12.4. The zero-order valence-electron chi connectivity index (χ0n) is 17.9. The molecule has 30 heavy (non-hydrogen) atoms. The van der Waals surface area contributed by atoms with E-state index in [0.717, 1.165) is 49.3 Å². The van der Waals surface area contributed by atoms with Gasteiger partial charge in [0.05, 0.1) is 17.8 Å². The van der Waals surface area contributed by atoms with Crippen LogP contribution < -0.4 is 5.56 Å². The summed E-state index contributed by atoms with van der Waals surface area (Å²) in [6, 6.07) is 4.09. The van der Waals surface area contributed by atoms with Gasteiger partial charge >= 0.3 is 0 Å². The molecule has 3 aliphatic rings. The van der Waals surface area contributed by atoms with Gasteiger partial charge in [-0.1, -0.05) is 13.8 Å². The van der Waals surface area contributed by atoms with E-state index in [1.807, 2.05) is 18.5 Å². The molecule has 1 aliphatic carbocycles. The number of piperidine rings is 1. The van der Waals surface area contributed by atoms with Crippen LogP contribution in [0.2, 0.25) is 0 Å². The molecule has 2 bridgehead atoms. The highest BCUT2D eigenvalue weighted by Gasteiger charge is 2.47. The van der Waals surface area contributed by atoms with Crippen LogP contribution in [0.3, 0.4) is 0 Å². The lowest BCUT2D eigenvalue weighted by Gasteiger charge is -2.43. The molecule has 7 heteroatoms. The third-order valence-electron chi connectivity index (χ3n) is 6.94. The largest absolute Gasteiger partial charge is 0.388 e.